The molecule has 1 aromatic heterocycles. The summed E-state index contributed by atoms with van der Waals surface area (Å²) in [6.45, 7) is 4.40. The maximum Gasteiger partial charge on any atom is 0.257 e. The first kappa shape index (κ1) is 18.4. The second kappa shape index (κ2) is 7.07. The summed E-state index contributed by atoms with van der Waals surface area (Å²) in [4.78, 5) is 28.1. The third kappa shape index (κ3) is 3.44. The summed E-state index contributed by atoms with van der Waals surface area (Å²) in [6, 6.07) is 3.47. The molecular formula is C19H23FN2O4. The van der Waals surface area contributed by atoms with Crippen LogP contribution in [0.1, 0.15) is 30.6 Å². The topological polar surface area (TPSA) is 74.0 Å². The normalized spacial score (nSPS) is 20.2. The van der Waals surface area contributed by atoms with Crippen LogP contribution in [0.15, 0.2) is 28.9 Å². The largest absolute Gasteiger partial charge is 0.463 e. The van der Waals surface area contributed by atoms with E-state index in [1.165, 1.54) is 29.4 Å². The summed E-state index contributed by atoms with van der Waals surface area (Å²) in [5.41, 5.74) is 0.657. The highest BCUT2D eigenvalue weighted by Gasteiger charge is 2.38. The smallest absolute Gasteiger partial charge is 0.257 e. The minimum atomic E-state index is -0.824. The van der Waals surface area contributed by atoms with Gasteiger partial charge in [0.2, 0.25) is 5.91 Å². The molecule has 1 fully saturated rings. The van der Waals surface area contributed by atoms with E-state index in [1.54, 1.807) is 11.9 Å². The summed E-state index contributed by atoms with van der Waals surface area (Å²) in [5, 5.41) is 10.7. The van der Waals surface area contributed by atoms with Crippen molar-refractivity contribution in [3.63, 3.8) is 0 Å². The number of β-amino-alcohol motifs (C(OH)–C–C–N with tert-alkyl or cyclic N) is 1. The summed E-state index contributed by atoms with van der Waals surface area (Å²) in [6.07, 6.45) is 0.879. The van der Waals surface area contributed by atoms with E-state index in [0.29, 0.717) is 17.4 Å². The average molecular weight is 362 g/mol. The monoisotopic (exact) mass is 362 g/mol. The Labute approximate surface area is 151 Å². The molecule has 0 bridgehead atoms. The minimum absolute atomic E-state index is 0.0294. The number of likely N-dealkylation sites (tertiary alicyclic amines) is 1. The van der Waals surface area contributed by atoms with E-state index in [1.807, 2.05) is 13.8 Å². The van der Waals surface area contributed by atoms with E-state index in [-0.39, 0.29) is 36.4 Å². The SMILES string of the molecule is CC(C)CC(=O)N1C[C@@H](O)[C@H](N(C)C(=O)c2coc3ccc(F)cc23)C1. The summed E-state index contributed by atoms with van der Waals surface area (Å²) in [7, 11) is 1.57. The van der Waals surface area contributed by atoms with Gasteiger partial charge in [-0.1, -0.05) is 13.8 Å². The molecule has 3 rings (SSSR count). The number of halogens is 1. The van der Waals surface area contributed by atoms with Gasteiger partial charge in [-0.3, -0.25) is 9.59 Å². The van der Waals surface area contributed by atoms with Gasteiger partial charge in [0, 0.05) is 31.9 Å². The Hall–Kier alpha value is -2.41. The highest BCUT2D eigenvalue weighted by molar-refractivity contribution is 6.06. The van der Waals surface area contributed by atoms with Gasteiger partial charge in [-0.15, -0.1) is 0 Å². The number of furan rings is 1. The Morgan fingerprint density at radius 1 is 1.38 bits per heavy atom. The number of nitrogens with zero attached hydrogens (tertiary/aromatic N) is 2. The summed E-state index contributed by atoms with van der Waals surface area (Å²) >= 11 is 0. The molecule has 2 amide bonds. The van der Waals surface area contributed by atoms with E-state index in [0.717, 1.165) is 0 Å². The molecule has 0 spiro atoms. The second-order valence-electron chi connectivity index (χ2n) is 7.24. The number of benzene rings is 1. The molecule has 1 saturated heterocycles. The fourth-order valence-electron chi connectivity index (χ4n) is 3.34. The molecule has 2 heterocycles. The zero-order valence-corrected chi connectivity index (χ0v) is 15.1. The van der Waals surface area contributed by atoms with Crippen molar-refractivity contribution in [1.29, 1.82) is 0 Å². The van der Waals surface area contributed by atoms with Crippen LogP contribution in [0.5, 0.6) is 0 Å². The van der Waals surface area contributed by atoms with Gasteiger partial charge in [0.1, 0.15) is 17.7 Å². The van der Waals surface area contributed by atoms with Crippen LogP contribution in [0.4, 0.5) is 4.39 Å². The fourth-order valence-corrected chi connectivity index (χ4v) is 3.34. The molecule has 1 aromatic carbocycles. The summed E-state index contributed by atoms with van der Waals surface area (Å²) < 4.78 is 18.8. The van der Waals surface area contributed by atoms with Gasteiger partial charge in [-0.2, -0.15) is 0 Å². The van der Waals surface area contributed by atoms with Crippen LogP contribution < -0.4 is 0 Å². The van der Waals surface area contributed by atoms with E-state index < -0.39 is 18.0 Å². The fraction of sp³-hybridized carbons (Fsp3) is 0.474. The molecule has 0 aliphatic carbocycles. The number of aliphatic hydroxyl groups is 1. The number of carbonyl (C=O) groups is 2. The quantitative estimate of drug-likeness (QED) is 0.905. The first-order chi connectivity index (χ1) is 12.3. The van der Waals surface area contributed by atoms with Crippen LogP contribution in [0.2, 0.25) is 0 Å². The van der Waals surface area contributed by atoms with Gasteiger partial charge in [-0.05, 0) is 24.1 Å². The Bertz CT molecular complexity index is 832. The third-order valence-electron chi connectivity index (χ3n) is 4.78. The minimum Gasteiger partial charge on any atom is -0.463 e. The van der Waals surface area contributed by atoms with E-state index in [9.17, 15) is 19.1 Å². The van der Waals surface area contributed by atoms with E-state index >= 15 is 0 Å². The van der Waals surface area contributed by atoms with Crippen molar-refractivity contribution >= 4 is 22.8 Å². The maximum atomic E-state index is 13.5. The number of likely N-dealkylation sites (N-methyl/N-ethyl adjacent to an activating group) is 1. The predicted molar refractivity (Wildman–Crippen MR) is 94.1 cm³/mol. The first-order valence-corrected chi connectivity index (χ1v) is 8.67. The Morgan fingerprint density at radius 2 is 2.12 bits per heavy atom. The van der Waals surface area contributed by atoms with Crippen molar-refractivity contribution in [2.45, 2.75) is 32.4 Å². The lowest BCUT2D eigenvalue weighted by atomic mass is 10.1. The average Bonchev–Trinajstić information content (AvgIpc) is 3.16. The molecule has 1 aliphatic heterocycles. The van der Waals surface area contributed by atoms with Crippen LogP contribution in [0.25, 0.3) is 11.0 Å². The molecule has 0 saturated carbocycles. The van der Waals surface area contributed by atoms with Crippen molar-refractivity contribution < 1.29 is 23.5 Å². The highest BCUT2D eigenvalue weighted by Crippen LogP contribution is 2.25. The van der Waals surface area contributed by atoms with Crippen molar-refractivity contribution in [2.24, 2.45) is 5.92 Å². The number of amides is 2. The number of hydrogen-bond donors (Lipinski definition) is 1. The highest BCUT2D eigenvalue weighted by atomic mass is 19.1. The van der Waals surface area contributed by atoms with Crippen molar-refractivity contribution in [3.8, 4) is 0 Å². The van der Waals surface area contributed by atoms with Crippen LogP contribution in [0.3, 0.4) is 0 Å². The van der Waals surface area contributed by atoms with Crippen molar-refractivity contribution in [1.82, 2.24) is 9.80 Å². The van der Waals surface area contributed by atoms with Crippen molar-refractivity contribution in [3.05, 3.63) is 35.8 Å². The molecule has 0 radical (unpaired) electrons. The maximum absolute atomic E-state index is 13.5. The zero-order chi connectivity index (χ0) is 19.0. The molecule has 2 aromatic rings. The first-order valence-electron chi connectivity index (χ1n) is 8.67. The zero-order valence-electron chi connectivity index (χ0n) is 15.1. The van der Waals surface area contributed by atoms with E-state index in [2.05, 4.69) is 0 Å². The number of aliphatic hydroxyl groups excluding tert-OH is 1. The standard InChI is InChI=1S/C19H23FN2O4/c1-11(2)6-18(24)22-8-15(16(23)9-22)21(3)19(25)14-10-26-17-5-4-12(20)7-13(14)17/h4-5,7,10-11,15-16,23H,6,8-9H2,1-3H3/t15-,16-/m1/s1. The Balaban J connectivity index is 1.77. The number of fused-ring (bicyclic) bond motifs is 1. The molecule has 26 heavy (non-hydrogen) atoms. The molecule has 1 N–H and O–H groups in total. The van der Waals surface area contributed by atoms with E-state index in [4.69, 9.17) is 4.42 Å². The van der Waals surface area contributed by atoms with Crippen LogP contribution in [-0.2, 0) is 4.79 Å². The number of rotatable bonds is 4. The molecular weight excluding hydrogens is 339 g/mol. The van der Waals surface area contributed by atoms with Gasteiger partial charge in [0.15, 0.2) is 0 Å². The lowest BCUT2D eigenvalue weighted by molar-refractivity contribution is -0.131. The van der Waals surface area contributed by atoms with Gasteiger partial charge in [0.05, 0.1) is 17.7 Å². The van der Waals surface area contributed by atoms with Crippen LogP contribution >= 0.6 is 0 Å². The molecule has 2 atom stereocenters. The molecule has 0 unspecified atom stereocenters. The predicted octanol–water partition coefficient (Wildman–Crippen LogP) is 2.26. The molecule has 140 valence electrons. The molecule has 6 nitrogen and oxygen atoms in total. The lowest BCUT2D eigenvalue weighted by Crippen LogP contribution is -2.44. The number of hydrogen-bond acceptors (Lipinski definition) is 4. The molecule has 7 heteroatoms. The summed E-state index contributed by atoms with van der Waals surface area (Å²) in [5.74, 6) is -0.637. The second-order valence-corrected chi connectivity index (χ2v) is 7.24. The molecule has 1 aliphatic rings. The Morgan fingerprint density at radius 3 is 2.81 bits per heavy atom. The van der Waals surface area contributed by atoms with Crippen LogP contribution in [0, 0.1) is 11.7 Å². The van der Waals surface area contributed by atoms with Gasteiger partial charge >= 0.3 is 0 Å². The van der Waals surface area contributed by atoms with Gasteiger partial charge < -0.3 is 19.3 Å². The Kier molecular flexibility index (Phi) is 5.00. The van der Waals surface area contributed by atoms with Gasteiger partial charge in [0.25, 0.3) is 5.91 Å². The lowest BCUT2D eigenvalue weighted by Gasteiger charge is -2.26. The van der Waals surface area contributed by atoms with Crippen molar-refractivity contribution in [2.75, 3.05) is 20.1 Å². The van der Waals surface area contributed by atoms with Crippen LogP contribution in [-0.4, -0.2) is 59.0 Å². The van der Waals surface area contributed by atoms with Gasteiger partial charge in [-0.25, -0.2) is 4.39 Å². The third-order valence-corrected chi connectivity index (χ3v) is 4.78. The number of carbonyl (C=O) groups excluding carboxylic acids is 2.